The Bertz CT molecular complexity index is 1720. The van der Waals surface area contributed by atoms with Crippen molar-refractivity contribution in [1.29, 1.82) is 0 Å². The first-order valence-electron chi connectivity index (χ1n) is 11.8. The Balaban J connectivity index is 1.34. The maximum atomic E-state index is 11.0. The number of nitrogens with one attached hydrogen (secondary N) is 2. The SMILES string of the molecule is Nc1[nH]c(Oc2ncnc(Oc3[nH]c(N)c(-c4ccccc4S)c3O)c3cncc2-3)c(O)c1-c1ccccc1S. The highest BCUT2D eigenvalue weighted by atomic mass is 32.1. The molecule has 2 aliphatic rings. The largest absolute Gasteiger partial charge is 0.503 e. The molecular formula is C27H21N7O4S2. The van der Waals surface area contributed by atoms with Crippen LogP contribution in [0.15, 0.2) is 77.0 Å². The third-order valence-corrected chi connectivity index (χ3v) is 6.97. The lowest BCUT2D eigenvalue weighted by Gasteiger charge is -2.07. The number of aromatic amines is 2. The number of nitrogens with zero attached hydrogens (tertiary/aromatic N) is 3. The first kappa shape index (κ1) is 25.3. The quantitative estimate of drug-likeness (QED) is 0.116. The molecule has 40 heavy (non-hydrogen) atoms. The predicted octanol–water partition coefficient (Wildman–Crippen LogP) is 5.70. The van der Waals surface area contributed by atoms with Gasteiger partial charge in [-0.2, -0.15) is 0 Å². The van der Waals surface area contributed by atoms with E-state index in [-0.39, 0.29) is 46.7 Å². The lowest BCUT2D eigenvalue weighted by Crippen LogP contribution is -1.91. The molecule has 2 aromatic heterocycles. The molecule has 0 unspecified atom stereocenters. The minimum Gasteiger partial charge on any atom is -0.503 e. The molecule has 0 saturated heterocycles. The second-order valence-electron chi connectivity index (χ2n) is 8.64. The zero-order valence-electron chi connectivity index (χ0n) is 20.5. The minimum absolute atomic E-state index is 0.0300. The van der Waals surface area contributed by atoms with Crippen LogP contribution in [0.25, 0.3) is 33.4 Å². The van der Waals surface area contributed by atoms with Gasteiger partial charge in [-0.3, -0.25) is 4.98 Å². The maximum Gasteiger partial charge on any atom is 0.244 e. The molecule has 0 atom stereocenters. The third kappa shape index (κ3) is 4.26. The van der Waals surface area contributed by atoms with Gasteiger partial charge in [0.25, 0.3) is 0 Å². The van der Waals surface area contributed by atoms with E-state index in [4.69, 9.17) is 20.9 Å². The van der Waals surface area contributed by atoms with E-state index in [1.54, 1.807) is 24.3 Å². The molecule has 4 heterocycles. The van der Waals surface area contributed by atoms with E-state index in [2.05, 4.69) is 50.2 Å². The summed E-state index contributed by atoms with van der Waals surface area (Å²) in [7, 11) is 0. The molecule has 200 valence electrons. The smallest absolute Gasteiger partial charge is 0.244 e. The Hall–Kier alpha value is -5.01. The van der Waals surface area contributed by atoms with Crippen molar-refractivity contribution < 1.29 is 19.7 Å². The summed E-state index contributed by atoms with van der Waals surface area (Å²) in [5, 5.41) is 21.9. The van der Waals surface area contributed by atoms with E-state index in [1.165, 1.54) is 18.7 Å². The van der Waals surface area contributed by atoms with Crippen LogP contribution in [0, 0.1) is 0 Å². The fourth-order valence-corrected chi connectivity index (χ4v) is 4.87. The number of thiol groups is 2. The number of aromatic hydroxyl groups is 2. The summed E-state index contributed by atoms with van der Waals surface area (Å²) < 4.78 is 11.9. The molecule has 13 heteroatoms. The summed E-state index contributed by atoms with van der Waals surface area (Å²) in [6, 6.07) is 14.4. The van der Waals surface area contributed by atoms with Gasteiger partial charge in [-0.1, -0.05) is 36.4 Å². The molecule has 4 aromatic rings. The summed E-state index contributed by atoms with van der Waals surface area (Å²) >= 11 is 8.92. The van der Waals surface area contributed by atoms with E-state index in [1.807, 2.05) is 24.3 Å². The standard InChI is InChI=1S/C27H21N7O4S2/c28-22-18(12-5-1-3-7-16(12)39)20(35)26(33-22)37-24-14-9-30-10-15(14)25(32-11-31-24)38-27-21(36)19(23(29)34-27)13-6-2-4-8-17(13)40/h1-11,33-36,39-40H,28-29H2. The lowest BCUT2D eigenvalue weighted by molar-refractivity contribution is 0.397. The van der Waals surface area contributed by atoms with Crippen molar-refractivity contribution in [3.63, 3.8) is 0 Å². The number of benzene rings is 2. The second kappa shape index (κ2) is 9.94. The Morgan fingerprint density at radius 3 is 1.50 bits per heavy atom. The van der Waals surface area contributed by atoms with E-state index >= 15 is 0 Å². The number of rotatable bonds is 6. The summed E-state index contributed by atoms with van der Waals surface area (Å²) in [4.78, 5) is 19.7. The van der Waals surface area contributed by atoms with Crippen LogP contribution < -0.4 is 20.9 Å². The van der Waals surface area contributed by atoms with Crippen molar-refractivity contribution >= 4 is 36.9 Å². The van der Waals surface area contributed by atoms with Crippen LogP contribution in [0.4, 0.5) is 11.6 Å². The Kier molecular flexibility index (Phi) is 6.28. The van der Waals surface area contributed by atoms with E-state index < -0.39 is 0 Å². The van der Waals surface area contributed by atoms with Crippen molar-refractivity contribution in [3.8, 4) is 68.4 Å². The van der Waals surface area contributed by atoms with Gasteiger partial charge in [0.05, 0.1) is 22.3 Å². The van der Waals surface area contributed by atoms with Crippen LogP contribution in [-0.4, -0.2) is 35.1 Å². The van der Waals surface area contributed by atoms with Gasteiger partial charge in [-0.15, -0.1) is 25.3 Å². The fourth-order valence-electron chi connectivity index (χ4n) is 4.33. The molecule has 0 spiro atoms. The van der Waals surface area contributed by atoms with Gasteiger partial charge < -0.3 is 41.1 Å². The maximum absolute atomic E-state index is 11.0. The number of nitrogens with two attached hydrogens (primary N) is 2. The van der Waals surface area contributed by atoms with Gasteiger partial charge >= 0.3 is 0 Å². The van der Waals surface area contributed by atoms with E-state index in [9.17, 15) is 10.2 Å². The van der Waals surface area contributed by atoms with Crippen LogP contribution in [0.2, 0.25) is 0 Å². The summed E-state index contributed by atoms with van der Waals surface area (Å²) in [5.74, 6) is 0.0177. The number of hydrogen-bond acceptors (Lipinski definition) is 11. The molecule has 0 amide bonds. The molecule has 6 rings (SSSR count). The number of anilines is 2. The first-order valence-corrected chi connectivity index (χ1v) is 12.6. The van der Waals surface area contributed by atoms with Crippen molar-refractivity contribution in [3.05, 3.63) is 67.3 Å². The molecule has 0 radical (unpaired) electrons. The normalized spacial score (nSPS) is 11.2. The molecule has 0 saturated carbocycles. The van der Waals surface area contributed by atoms with Crippen LogP contribution in [0.5, 0.6) is 35.0 Å². The minimum atomic E-state index is -0.215. The highest BCUT2D eigenvalue weighted by molar-refractivity contribution is 7.80. The van der Waals surface area contributed by atoms with Crippen LogP contribution in [0.3, 0.4) is 0 Å². The van der Waals surface area contributed by atoms with E-state index in [0.29, 0.717) is 43.2 Å². The van der Waals surface area contributed by atoms with Crippen molar-refractivity contribution in [2.24, 2.45) is 0 Å². The van der Waals surface area contributed by atoms with Gasteiger partial charge in [0.15, 0.2) is 11.5 Å². The Morgan fingerprint density at radius 1 is 0.650 bits per heavy atom. The van der Waals surface area contributed by atoms with Gasteiger partial charge in [0.1, 0.15) is 18.0 Å². The molecular weight excluding hydrogens is 550 g/mol. The van der Waals surface area contributed by atoms with Crippen molar-refractivity contribution in [2.45, 2.75) is 9.79 Å². The third-order valence-electron chi connectivity index (χ3n) is 6.19. The van der Waals surface area contributed by atoms with Gasteiger partial charge in [0, 0.05) is 33.3 Å². The van der Waals surface area contributed by atoms with Gasteiger partial charge in [-0.25, -0.2) is 9.97 Å². The summed E-state index contributed by atoms with van der Waals surface area (Å²) in [6.07, 6.45) is 4.22. The molecule has 2 aliphatic heterocycles. The van der Waals surface area contributed by atoms with Gasteiger partial charge in [0.2, 0.25) is 23.5 Å². The Labute approximate surface area is 238 Å². The topological polar surface area (TPSA) is 181 Å². The van der Waals surface area contributed by atoms with Gasteiger partial charge in [-0.05, 0) is 12.1 Å². The number of hydrogen-bond donors (Lipinski definition) is 8. The highest BCUT2D eigenvalue weighted by Gasteiger charge is 2.25. The molecule has 0 bridgehead atoms. The molecule has 2 aromatic carbocycles. The van der Waals surface area contributed by atoms with Crippen LogP contribution in [0.1, 0.15) is 0 Å². The number of fused-ring (bicyclic) bond motifs is 1. The first-order chi connectivity index (χ1) is 19.3. The predicted molar refractivity (Wildman–Crippen MR) is 156 cm³/mol. The number of aromatic nitrogens is 5. The number of nitrogen functional groups attached to an aromatic ring is 2. The van der Waals surface area contributed by atoms with Crippen molar-refractivity contribution in [2.75, 3.05) is 11.5 Å². The second-order valence-corrected chi connectivity index (χ2v) is 9.60. The average molecular weight is 572 g/mol. The summed E-state index contributed by atoms with van der Waals surface area (Å²) in [6.45, 7) is 0. The van der Waals surface area contributed by atoms with Crippen molar-refractivity contribution in [1.82, 2.24) is 24.9 Å². The lowest BCUT2D eigenvalue weighted by atomic mass is 10.1. The van der Waals surface area contributed by atoms with E-state index in [0.717, 1.165) is 0 Å². The number of H-pyrrole nitrogens is 2. The highest BCUT2D eigenvalue weighted by Crippen LogP contribution is 2.48. The monoisotopic (exact) mass is 571 g/mol. The zero-order chi connectivity index (χ0) is 28.0. The van der Waals surface area contributed by atoms with Crippen LogP contribution in [-0.2, 0) is 0 Å². The average Bonchev–Trinajstić information content (AvgIpc) is 3.56. The molecule has 0 aliphatic carbocycles. The van der Waals surface area contributed by atoms with Crippen LogP contribution >= 0.6 is 25.3 Å². The zero-order valence-corrected chi connectivity index (χ0v) is 22.2. The summed E-state index contributed by atoms with van der Waals surface area (Å²) in [5.41, 5.74) is 15.1. The Morgan fingerprint density at radius 2 is 1.07 bits per heavy atom. The number of ether oxygens (including phenoxy) is 2. The fraction of sp³-hybridized carbons (Fsp3) is 0. The molecule has 0 fully saturated rings. The molecule has 8 N–H and O–H groups in total. The molecule has 11 nitrogen and oxygen atoms in total.